The summed E-state index contributed by atoms with van der Waals surface area (Å²) in [5.74, 6) is -1.57. The van der Waals surface area contributed by atoms with Crippen LogP contribution in [-0.4, -0.2) is 25.0 Å². The summed E-state index contributed by atoms with van der Waals surface area (Å²) in [4.78, 5) is 34.9. The van der Waals surface area contributed by atoms with Gasteiger partial charge < -0.3 is 10.1 Å². The summed E-state index contributed by atoms with van der Waals surface area (Å²) in [6.07, 6.45) is -1.15. The van der Waals surface area contributed by atoms with Gasteiger partial charge >= 0.3 is 12.0 Å². The quantitative estimate of drug-likeness (QED) is 0.815. The zero-order valence-electron chi connectivity index (χ0n) is 11.7. The van der Waals surface area contributed by atoms with E-state index in [2.05, 4.69) is 10.6 Å². The molecule has 0 heterocycles. The van der Waals surface area contributed by atoms with E-state index in [1.54, 1.807) is 44.2 Å². The molecule has 0 saturated carbocycles. The molecule has 0 aliphatic carbocycles. The highest BCUT2D eigenvalue weighted by molar-refractivity contribution is 5.97. The first kappa shape index (κ1) is 15.7. The Morgan fingerprint density at radius 3 is 2.20 bits per heavy atom. The van der Waals surface area contributed by atoms with E-state index in [1.807, 2.05) is 0 Å². The van der Waals surface area contributed by atoms with E-state index in [0.717, 1.165) is 0 Å². The lowest BCUT2D eigenvalue weighted by Crippen LogP contribution is -2.41. The Morgan fingerprint density at radius 2 is 1.70 bits per heavy atom. The van der Waals surface area contributed by atoms with Crippen molar-refractivity contribution in [2.75, 3.05) is 7.05 Å². The molecule has 0 unspecified atom stereocenters. The molecule has 1 aromatic rings. The predicted molar refractivity (Wildman–Crippen MR) is 72.7 cm³/mol. The zero-order chi connectivity index (χ0) is 15.1. The average Bonchev–Trinajstić information content (AvgIpc) is 2.44. The summed E-state index contributed by atoms with van der Waals surface area (Å²) in [7, 11) is 1.39. The van der Waals surface area contributed by atoms with Crippen LogP contribution in [0, 0.1) is 5.92 Å². The Kier molecular flexibility index (Phi) is 5.71. The van der Waals surface area contributed by atoms with Gasteiger partial charge in [-0.15, -0.1) is 0 Å². The third kappa shape index (κ3) is 4.38. The van der Waals surface area contributed by atoms with E-state index in [-0.39, 0.29) is 5.92 Å². The van der Waals surface area contributed by atoms with Crippen LogP contribution in [0.1, 0.15) is 25.5 Å². The fourth-order valence-corrected chi connectivity index (χ4v) is 1.39. The van der Waals surface area contributed by atoms with Crippen molar-refractivity contribution in [3.63, 3.8) is 0 Å². The Balaban J connectivity index is 2.93. The fourth-order valence-electron chi connectivity index (χ4n) is 1.39. The molecule has 1 aromatic carbocycles. The number of carbonyl (C=O) groups excluding carboxylic acids is 3. The van der Waals surface area contributed by atoms with E-state index >= 15 is 0 Å². The second-order valence-corrected chi connectivity index (χ2v) is 4.45. The van der Waals surface area contributed by atoms with Crippen molar-refractivity contribution in [1.82, 2.24) is 10.6 Å². The van der Waals surface area contributed by atoms with Crippen LogP contribution in [0.15, 0.2) is 30.3 Å². The van der Waals surface area contributed by atoms with Gasteiger partial charge in [0, 0.05) is 12.6 Å². The predicted octanol–water partition coefficient (Wildman–Crippen LogP) is 1.38. The average molecular weight is 278 g/mol. The number of hydrogen-bond acceptors (Lipinski definition) is 4. The van der Waals surface area contributed by atoms with Gasteiger partial charge in [-0.25, -0.2) is 4.79 Å². The van der Waals surface area contributed by atoms with E-state index < -0.39 is 24.0 Å². The molecule has 0 bridgehead atoms. The summed E-state index contributed by atoms with van der Waals surface area (Å²) in [5, 5.41) is 4.37. The molecular formula is C14H18N2O4. The third-order valence-corrected chi connectivity index (χ3v) is 2.51. The summed E-state index contributed by atoms with van der Waals surface area (Å²) in [6, 6.07) is 7.87. The number of amides is 3. The van der Waals surface area contributed by atoms with Crippen LogP contribution in [0.5, 0.6) is 0 Å². The molecule has 0 aliphatic rings. The van der Waals surface area contributed by atoms with Crippen molar-refractivity contribution >= 4 is 17.9 Å². The van der Waals surface area contributed by atoms with Crippen LogP contribution in [0.3, 0.4) is 0 Å². The highest BCUT2D eigenvalue weighted by Gasteiger charge is 2.27. The smallest absolute Gasteiger partial charge is 0.321 e. The minimum atomic E-state index is -1.15. The maximum atomic E-state index is 12.0. The van der Waals surface area contributed by atoms with Gasteiger partial charge in [-0.3, -0.25) is 14.9 Å². The molecule has 6 heteroatoms. The number of carbonyl (C=O) groups is 3. The summed E-state index contributed by atoms with van der Waals surface area (Å²) in [6.45, 7) is 3.34. The fraction of sp³-hybridized carbons (Fsp3) is 0.357. The number of ether oxygens (including phenoxy) is 1. The van der Waals surface area contributed by atoms with Gasteiger partial charge in [0.25, 0.3) is 5.91 Å². The minimum absolute atomic E-state index is 0.367. The molecule has 6 nitrogen and oxygen atoms in total. The topological polar surface area (TPSA) is 84.5 Å². The van der Waals surface area contributed by atoms with Crippen LogP contribution in [0.4, 0.5) is 4.79 Å². The standard InChI is InChI=1S/C14H18N2O4/c1-9(2)13(18)20-11(10-7-5-4-6-8-10)12(17)16-14(19)15-3/h4-9,11H,1-3H3,(H2,15,16,17,19)/t11-/m1/s1. The van der Waals surface area contributed by atoms with E-state index in [0.29, 0.717) is 5.56 Å². The number of hydrogen-bond donors (Lipinski definition) is 2. The second kappa shape index (κ2) is 7.28. The first-order chi connectivity index (χ1) is 9.45. The molecular weight excluding hydrogens is 260 g/mol. The summed E-state index contributed by atoms with van der Waals surface area (Å²) in [5.41, 5.74) is 0.503. The zero-order valence-corrected chi connectivity index (χ0v) is 11.7. The van der Waals surface area contributed by atoms with Gasteiger partial charge in [0.05, 0.1) is 5.92 Å². The van der Waals surface area contributed by atoms with Crippen molar-refractivity contribution < 1.29 is 19.1 Å². The van der Waals surface area contributed by atoms with Gasteiger partial charge in [-0.1, -0.05) is 44.2 Å². The largest absolute Gasteiger partial charge is 0.447 e. The van der Waals surface area contributed by atoms with Crippen LogP contribution in [-0.2, 0) is 14.3 Å². The molecule has 0 radical (unpaired) electrons. The van der Waals surface area contributed by atoms with Crippen molar-refractivity contribution in [3.8, 4) is 0 Å². The van der Waals surface area contributed by atoms with Crippen LogP contribution < -0.4 is 10.6 Å². The lowest BCUT2D eigenvalue weighted by molar-refractivity contribution is -0.159. The van der Waals surface area contributed by atoms with E-state index in [1.165, 1.54) is 7.05 Å². The van der Waals surface area contributed by atoms with Crippen molar-refractivity contribution in [1.29, 1.82) is 0 Å². The maximum Gasteiger partial charge on any atom is 0.321 e. The van der Waals surface area contributed by atoms with E-state index in [9.17, 15) is 14.4 Å². The first-order valence-corrected chi connectivity index (χ1v) is 6.23. The lowest BCUT2D eigenvalue weighted by Gasteiger charge is -2.18. The third-order valence-electron chi connectivity index (χ3n) is 2.51. The molecule has 0 fully saturated rings. The number of urea groups is 1. The highest BCUT2D eigenvalue weighted by atomic mass is 16.5. The molecule has 0 spiro atoms. The Labute approximate surface area is 117 Å². The normalized spacial score (nSPS) is 11.6. The summed E-state index contributed by atoms with van der Waals surface area (Å²) >= 11 is 0. The highest BCUT2D eigenvalue weighted by Crippen LogP contribution is 2.19. The van der Waals surface area contributed by atoms with Crippen molar-refractivity contribution in [2.24, 2.45) is 5.92 Å². The molecule has 1 atom stereocenters. The number of nitrogens with one attached hydrogen (secondary N) is 2. The molecule has 20 heavy (non-hydrogen) atoms. The maximum absolute atomic E-state index is 12.0. The van der Waals surface area contributed by atoms with E-state index in [4.69, 9.17) is 4.74 Å². The number of esters is 1. The molecule has 3 amide bonds. The van der Waals surface area contributed by atoms with Gasteiger partial charge in [0.15, 0.2) is 0 Å². The van der Waals surface area contributed by atoms with Gasteiger partial charge in [0.2, 0.25) is 6.10 Å². The monoisotopic (exact) mass is 278 g/mol. The number of rotatable bonds is 4. The van der Waals surface area contributed by atoms with Crippen LogP contribution in [0.25, 0.3) is 0 Å². The van der Waals surface area contributed by atoms with Crippen LogP contribution in [0.2, 0.25) is 0 Å². The van der Waals surface area contributed by atoms with Crippen molar-refractivity contribution in [3.05, 3.63) is 35.9 Å². The number of imide groups is 1. The Hall–Kier alpha value is -2.37. The van der Waals surface area contributed by atoms with Gasteiger partial charge in [-0.05, 0) is 0 Å². The SMILES string of the molecule is CNC(=O)NC(=O)[C@H](OC(=O)C(C)C)c1ccccc1. The molecule has 108 valence electrons. The molecule has 0 aromatic heterocycles. The molecule has 2 N–H and O–H groups in total. The minimum Gasteiger partial charge on any atom is -0.447 e. The number of benzene rings is 1. The molecule has 1 rings (SSSR count). The Morgan fingerprint density at radius 1 is 1.10 bits per heavy atom. The van der Waals surface area contributed by atoms with Gasteiger partial charge in [-0.2, -0.15) is 0 Å². The Bertz CT molecular complexity index is 485. The second-order valence-electron chi connectivity index (χ2n) is 4.45. The first-order valence-electron chi connectivity index (χ1n) is 6.23. The van der Waals surface area contributed by atoms with Crippen LogP contribution >= 0.6 is 0 Å². The lowest BCUT2D eigenvalue weighted by atomic mass is 10.1. The van der Waals surface area contributed by atoms with Crippen molar-refractivity contribution in [2.45, 2.75) is 20.0 Å². The molecule has 0 saturated heterocycles. The summed E-state index contributed by atoms with van der Waals surface area (Å²) < 4.78 is 5.17. The molecule has 0 aliphatic heterocycles. The van der Waals surface area contributed by atoms with Gasteiger partial charge in [0.1, 0.15) is 0 Å².